The number of hydrogen-bond donors (Lipinski definition) is 0. The van der Waals surface area contributed by atoms with Gasteiger partial charge in [-0.15, -0.1) is 0 Å². The molecule has 2 heterocycles. The molecule has 0 radical (unpaired) electrons. The van der Waals surface area contributed by atoms with Crippen molar-refractivity contribution in [1.82, 2.24) is 4.57 Å². The molecule has 0 unspecified atom stereocenters. The van der Waals surface area contributed by atoms with Crippen LogP contribution in [0.2, 0.25) is 0 Å². The molecule has 12 aromatic carbocycles. The van der Waals surface area contributed by atoms with Crippen molar-refractivity contribution in [1.29, 1.82) is 0 Å². The summed E-state index contributed by atoms with van der Waals surface area (Å²) >= 11 is 0.0930. The molecule has 0 saturated carbocycles. The van der Waals surface area contributed by atoms with E-state index < -0.39 is 0 Å². The number of nitrogens with zero attached hydrogens (tertiary/aromatic N) is 1. The van der Waals surface area contributed by atoms with Crippen molar-refractivity contribution in [2.24, 2.45) is 0 Å². The normalized spacial score (nSPS) is 11.9. The summed E-state index contributed by atoms with van der Waals surface area (Å²) in [4.78, 5) is 0. The Kier molecular flexibility index (Phi) is 8.37. The van der Waals surface area contributed by atoms with Crippen LogP contribution in [0.4, 0.5) is 0 Å². The van der Waals surface area contributed by atoms with Crippen LogP contribution < -0.4 is 0 Å². The number of fused-ring (bicyclic) bond motifs is 10. The van der Waals surface area contributed by atoms with Crippen LogP contribution >= 0.6 is 0 Å². The molecule has 0 N–H and O–H groups in total. The van der Waals surface area contributed by atoms with E-state index in [-0.39, 0.29) is 14.5 Å². The maximum absolute atomic E-state index is 2.52. The number of aromatic nitrogens is 1. The maximum atomic E-state index is 2.52. The average Bonchev–Trinajstić information content (AvgIpc) is 3.93. The molecule has 306 valence electrons. The van der Waals surface area contributed by atoms with Crippen LogP contribution in [0.3, 0.4) is 0 Å². The topological polar surface area (TPSA) is 4.93 Å². The second-order valence-corrected chi connectivity index (χ2v) is 19.7. The summed E-state index contributed by atoms with van der Waals surface area (Å²) in [6.07, 6.45) is 0. The van der Waals surface area contributed by atoms with Gasteiger partial charge in [-0.1, -0.05) is 36.4 Å². The van der Waals surface area contributed by atoms with Gasteiger partial charge in [0.05, 0.1) is 0 Å². The Morgan fingerprint density at radius 1 is 0.258 bits per heavy atom. The molecule has 1 nitrogen and oxygen atoms in total. The molecular weight excluding hydrogens is 862 g/mol. The van der Waals surface area contributed by atoms with Crippen molar-refractivity contribution in [3.8, 4) is 50.2 Å². The predicted molar refractivity (Wildman–Crippen MR) is 285 cm³/mol. The zero-order chi connectivity index (χ0) is 43.3. The van der Waals surface area contributed by atoms with Crippen LogP contribution in [0.25, 0.3) is 134 Å². The molecule has 14 aromatic rings. The zero-order valence-corrected chi connectivity index (χ0v) is 37.6. The summed E-state index contributed by atoms with van der Waals surface area (Å²) in [5.41, 5.74) is 13.9. The molecule has 2 heteroatoms. The van der Waals surface area contributed by atoms with Crippen molar-refractivity contribution in [3.05, 3.63) is 237 Å². The van der Waals surface area contributed by atoms with Gasteiger partial charge in [-0.05, 0) is 18.2 Å². The minimum absolute atomic E-state index is 0.0930. The van der Waals surface area contributed by atoms with Crippen molar-refractivity contribution in [2.45, 2.75) is 0 Å². The summed E-state index contributed by atoms with van der Waals surface area (Å²) in [6.45, 7) is 0. The van der Waals surface area contributed by atoms with Crippen LogP contribution in [-0.2, 0) is 0 Å². The molecule has 66 heavy (non-hydrogen) atoms. The molecule has 14 rings (SSSR count). The van der Waals surface area contributed by atoms with E-state index in [0.29, 0.717) is 0 Å². The van der Waals surface area contributed by atoms with Gasteiger partial charge in [0.15, 0.2) is 0 Å². The monoisotopic (exact) mass is 901 g/mol. The second-order valence-electron chi connectivity index (χ2n) is 17.5. The first-order chi connectivity index (χ1) is 32.8. The Balaban J connectivity index is 0.982. The van der Waals surface area contributed by atoms with Crippen LogP contribution in [0.1, 0.15) is 0 Å². The van der Waals surface area contributed by atoms with Gasteiger partial charge >= 0.3 is 335 Å². The van der Waals surface area contributed by atoms with E-state index in [9.17, 15) is 0 Å². The predicted octanol–water partition coefficient (Wildman–Crippen LogP) is 17.4. The Labute approximate surface area is 387 Å². The molecule has 0 bridgehead atoms. The van der Waals surface area contributed by atoms with Crippen LogP contribution in [0.15, 0.2) is 237 Å². The van der Waals surface area contributed by atoms with E-state index in [1.165, 1.54) is 134 Å². The molecule has 2 aromatic heterocycles. The van der Waals surface area contributed by atoms with Crippen molar-refractivity contribution >= 4 is 98.7 Å². The number of para-hydroxylation sites is 2. The van der Waals surface area contributed by atoms with Crippen LogP contribution in [-0.4, -0.2) is 19.1 Å². The molecule has 0 amide bonds. The van der Waals surface area contributed by atoms with E-state index in [4.69, 9.17) is 0 Å². The van der Waals surface area contributed by atoms with Gasteiger partial charge in [0.25, 0.3) is 0 Å². The molecular formula is C64H39NSe. The fourth-order valence-corrected chi connectivity index (χ4v) is 13.9. The summed E-state index contributed by atoms with van der Waals surface area (Å²) in [6, 6.07) is 88.1. The standard InChI is InChI=1S/C64H39NSe/c1-3-18-40(19-4-1)60-51-27-11-13-29-53(51)63(54-30-14-12-28-52(54)60)56-32-17-31-55-46-37-35-42(39-59(46)66-64(55)56)62-49-25-9-7-23-47(49)61(48-24-8-10-26-50(48)62)41-34-36-45-44-22-15-16-33-57(44)65(58(45)38-41)43-20-5-2-6-21-43/h1-39H. The first kappa shape index (κ1) is 37.4. The summed E-state index contributed by atoms with van der Waals surface area (Å²) in [5.74, 6) is 0. The number of hydrogen-bond acceptors (Lipinski definition) is 0. The Morgan fingerprint density at radius 2 is 0.682 bits per heavy atom. The third kappa shape index (κ3) is 5.53. The van der Waals surface area contributed by atoms with Crippen LogP contribution in [0, 0.1) is 0 Å². The molecule has 0 spiro atoms. The Morgan fingerprint density at radius 3 is 1.26 bits per heavy atom. The Hall–Kier alpha value is -8.00. The third-order valence-corrected chi connectivity index (χ3v) is 16.5. The quantitative estimate of drug-likeness (QED) is 0.120. The molecule has 0 aliphatic heterocycles. The number of benzene rings is 12. The first-order valence-corrected chi connectivity index (χ1v) is 24.5. The molecule has 0 aliphatic carbocycles. The average molecular weight is 901 g/mol. The van der Waals surface area contributed by atoms with Crippen molar-refractivity contribution in [3.63, 3.8) is 0 Å². The first-order valence-electron chi connectivity index (χ1n) is 22.8. The van der Waals surface area contributed by atoms with Gasteiger partial charge in [0, 0.05) is 0 Å². The SMILES string of the molecule is c1ccc(-c2c3ccccc3c(-c3cccc4c3[se]c3cc(-c5c6ccccc6c(-c6ccc7c8ccccc8n(-c8ccccc8)c7c6)c6ccccc56)ccc34)c3ccccc23)cc1. The van der Waals surface area contributed by atoms with E-state index in [2.05, 4.69) is 241 Å². The van der Waals surface area contributed by atoms with Gasteiger partial charge < -0.3 is 0 Å². The van der Waals surface area contributed by atoms with Crippen LogP contribution in [0.5, 0.6) is 0 Å². The van der Waals surface area contributed by atoms with Gasteiger partial charge in [0.2, 0.25) is 0 Å². The Bertz CT molecular complexity index is 4160. The molecule has 0 aliphatic rings. The van der Waals surface area contributed by atoms with Gasteiger partial charge in [-0.3, -0.25) is 0 Å². The fourth-order valence-electron chi connectivity index (χ4n) is 11.2. The van der Waals surface area contributed by atoms with Crippen molar-refractivity contribution < 1.29 is 0 Å². The fraction of sp³-hybridized carbons (Fsp3) is 0. The van der Waals surface area contributed by atoms with E-state index >= 15 is 0 Å². The summed E-state index contributed by atoms with van der Waals surface area (Å²) in [5, 5.41) is 15.5. The van der Waals surface area contributed by atoms with Crippen molar-refractivity contribution in [2.75, 3.05) is 0 Å². The van der Waals surface area contributed by atoms with Gasteiger partial charge in [-0.2, -0.15) is 0 Å². The minimum atomic E-state index is 0.0930. The second kappa shape index (κ2) is 14.8. The van der Waals surface area contributed by atoms with E-state index in [1.807, 2.05) is 0 Å². The van der Waals surface area contributed by atoms with Gasteiger partial charge in [-0.25, -0.2) is 0 Å². The van der Waals surface area contributed by atoms with E-state index in [0.717, 1.165) is 0 Å². The number of rotatable bonds is 5. The van der Waals surface area contributed by atoms with E-state index in [1.54, 1.807) is 0 Å². The zero-order valence-electron chi connectivity index (χ0n) is 35.9. The molecule has 0 fully saturated rings. The summed E-state index contributed by atoms with van der Waals surface area (Å²) < 4.78 is 5.33. The molecule has 0 saturated heterocycles. The van der Waals surface area contributed by atoms with Gasteiger partial charge in [0.1, 0.15) is 0 Å². The third-order valence-electron chi connectivity index (χ3n) is 14.0. The molecule has 0 atom stereocenters. The summed E-state index contributed by atoms with van der Waals surface area (Å²) in [7, 11) is 0.